The summed E-state index contributed by atoms with van der Waals surface area (Å²) in [5.41, 5.74) is 2.26. The zero-order valence-electron chi connectivity index (χ0n) is 17.3. The summed E-state index contributed by atoms with van der Waals surface area (Å²) < 4.78 is 13.5. The summed E-state index contributed by atoms with van der Waals surface area (Å²) in [7, 11) is 1.92. The lowest BCUT2D eigenvalue weighted by atomic mass is 10.1. The summed E-state index contributed by atoms with van der Waals surface area (Å²) in [4.78, 5) is 7.11. The van der Waals surface area contributed by atoms with Crippen LogP contribution in [0, 0.1) is 0 Å². The van der Waals surface area contributed by atoms with Crippen molar-refractivity contribution >= 4 is 5.96 Å². The average Bonchev–Trinajstić information content (AvgIpc) is 3.12. The monoisotopic (exact) mass is 385 g/mol. The predicted molar refractivity (Wildman–Crippen MR) is 110 cm³/mol. The number of hydrogen-bond acceptors (Lipinski definition) is 4. The molecule has 0 amide bonds. The van der Waals surface area contributed by atoms with E-state index in [9.17, 15) is 0 Å². The molecule has 1 aliphatic rings. The molecular formula is C21H31N5O2. The molecule has 1 aromatic carbocycles. The van der Waals surface area contributed by atoms with Gasteiger partial charge in [0.25, 0.3) is 0 Å². The van der Waals surface area contributed by atoms with Crippen molar-refractivity contribution in [3.05, 3.63) is 47.8 Å². The van der Waals surface area contributed by atoms with E-state index >= 15 is 0 Å². The van der Waals surface area contributed by atoms with Gasteiger partial charge in [-0.05, 0) is 38.5 Å². The molecule has 0 radical (unpaired) electrons. The van der Waals surface area contributed by atoms with Gasteiger partial charge < -0.3 is 19.7 Å². The van der Waals surface area contributed by atoms with E-state index in [-0.39, 0.29) is 12.2 Å². The number of nitrogens with zero attached hydrogens (tertiary/aromatic N) is 4. The van der Waals surface area contributed by atoms with Crippen LogP contribution in [0.4, 0.5) is 0 Å². The topological polar surface area (TPSA) is 63.9 Å². The number of morpholine rings is 1. The number of rotatable bonds is 6. The third-order valence-electron chi connectivity index (χ3n) is 4.50. The van der Waals surface area contributed by atoms with Crippen molar-refractivity contribution in [2.75, 3.05) is 26.2 Å². The van der Waals surface area contributed by atoms with E-state index in [1.807, 2.05) is 50.1 Å². The van der Waals surface area contributed by atoms with Gasteiger partial charge in [-0.15, -0.1) is 0 Å². The van der Waals surface area contributed by atoms with E-state index in [1.165, 1.54) is 0 Å². The van der Waals surface area contributed by atoms with Gasteiger partial charge in [0.15, 0.2) is 5.96 Å². The number of ether oxygens (including phenoxy) is 2. The number of aryl methyl sites for hydroxylation is 1. The van der Waals surface area contributed by atoms with Crippen molar-refractivity contribution in [1.29, 1.82) is 0 Å². The standard InChI is InChI=1S/C21H31N5O2/c1-5-22-21(23-12-17-6-8-19(9-7-17)28-16(2)3)26-10-11-27-20(15-26)18-13-24-25(4)14-18/h6-9,13-14,16,20H,5,10-12,15H2,1-4H3,(H,22,23). The highest BCUT2D eigenvalue weighted by Gasteiger charge is 2.25. The Morgan fingerprint density at radius 3 is 2.79 bits per heavy atom. The summed E-state index contributed by atoms with van der Waals surface area (Å²) >= 11 is 0. The van der Waals surface area contributed by atoms with Gasteiger partial charge in [0, 0.05) is 31.9 Å². The van der Waals surface area contributed by atoms with Gasteiger partial charge in [-0.1, -0.05) is 12.1 Å². The lowest BCUT2D eigenvalue weighted by molar-refractivity contribution is -0.00805. The van der Waals surface area contributed by atoms with Crippen molar-refractivity contribution in [1.82, 2.24) is 20.0 Å². The molecule has 1 aliphatic heterocycles. The normalized spacial score (nSPS) is 17.8. The number of aliphatic imine (C=N–C) groups is 1. The molecule has 2 heterocycles. The molecule has 0 bridgehead atoms. The molecule has 152 valence electrons. The molecule has 1 saturated heterocycles. The first-order valence-corrected chi connectivity index (χ1v) is 9.94. The molecule has 1 aromatic heterocycles. The minimum absolute atomic E-state index is 0.0128. The molecule has 28 heavy (non-hydrogen) atoms. The second-order valence-electron chi connectivity index (χ2n) is 7.23. The summed E-state index contributed by atoms with van der Waals surface area (Å²) in [6, 6.07) is 8.15. The molecule has 1 atom stereocenters. The highest BCUT2D eigenvalue weighted by molar-refractivity contribution is 5.80. The first-order valence-electron chi connectivity index (χ1n) is 9.94. The Morgan fingerprint density at radius 2 is 2.14 bits per heavy atom. The maximum absolute atomic E-state index is 5.95. The van der Waals surface area contributed by atoms with Crippen LogP contribution in [0.2, 0.25) is 0 Å². The van der Waals surface area contributed by atoms with Crippen LogP contribution in [0.25, 0.3) is 0 Å². The van der Waals surface area contributed by atoms with Gasteiger partial charge >= 0.3 is 0 Å². The molecule has 1 N–H and O–H groups in total. The third kappa shape index (κ3) is 5.48. The molecule has 2 aromatic rings. The number of nitrogens with one attached hydrogen (secondary N) is 1. The van der Waals surface area contributed by atoms with Crippen LogP contribution in [0.3, 0.4) is 0 Å². The third-order valence-corrected chi connectivity index (χ3v) is 4.50. The van der Waals surface area contributed by atoms with Crippen LogP contribution in [0.5, 0.6) is 5.75 Å². The van der Waals surface area contributed by atoms with Crippen molar-refractivity contribution in [3.8, 4) is 5.75 Å². The maximum atomic E-state index is 5.95. The van der Waals surface area contributed by atoms with E-state index in [1.54, 1.807) is 0 Å². The number of benzene rings is 1. The van der Waals surface area contributed by atoms with Crippen LogP contribution < -0.4 is 10.1 Å². The first-order chi connectivity index (χ1) is 13.5. The molecule has 0 saturated carbocycles. The number of guanidine groups is 1. The Hall–Kier alpha value is -2.54. The Bertz CT molecular complexity index is 769. The van der Waals surface area contributed by atoms with Crippen molar-refractivity contribution in [2.24, 2.45) is 12.0 Å². The molecule has 0 aliphatic carbocycles. The van der Waals surface area contributed by atoms with Crippen LogP contribution >= 0.6 is 0 Å². The molecular weight excluding hydrogens is 354 g/mol. The van der Waals surface area contributed by atoms with Gasteiger partial charge in [-0.3, -0.25) is 4.68 Å². The average molecular weight is 386 g/mol. The van der Waals surface area contributed by atoms with Gasteiger partial charge in [0.1, 0.15) is 11.9 Å². The van der Waals surface area contributed by atoms with Crippen molar-refractivity contribution < 1.29 is 9.47 Å². The summed E-state index contributed by atoms with van der Waals surface area (Å²) in [5, 5.41) is 7.67. The largest absolute Gasteiger partial charge is 0.491 e. The van der Waals surface area contributed by atoms with Crippen LogP contribution in [0.1, 0.15) is 38.0 Å². The molecule has 1 fully saturated rings. The van der Waals surface area contributed by atoms with Gasteiger partial charge in [0.2, 0.25) is 0 Å². The maximum Gasteiger partial charge on any atom is 0.194 e. The van der Waals surface area contributed by atoms with Gasteiger partial charge in [-0.25, -0.2) is 4.99 Å². The first kappa shape index (κ1) is 20.2. The number of hydrogen-bond donors (Lipinski definition) is 1. The molecule has 7 nitrogen and oxygen atoms in total. The Morgan fingerprint density at radius 1 is 1.36 bits per heavy atom. The highest BCUT2D eigenvalue weighted by atomic mass is 16.5. The van der Waals surface area contributed by atoms with Crippen molar-refractivity contribution in [3.63, 3.8) is 0 Å². The zero-order valence-corrected chi connectivity index (χ0v) is 17.3. The fourth-order valence-electron chi connectivity index (χ4n) is 3.19. The zero-order chi connectivity index (χ0) is 19.9. The summed E-state index contributed by atoms with van der Waals surface area (Å²) in [6.07, 6.45) is 4.08. The Labute approximate surface area is 167 Å². The van der Waals surface area contributed by atoms with E-state index < -0.39 is 0 Å². The van der Waals surface area contributed by atoms with E-state index in [4.69, 9.17) is 14.5 Å². The fourth-order valence-corrected chi connectivity index (χ4v) is 3.19. The minimum Gasteiger partial charge on any atom is -0.491 e. The number of aromatic nitrogens is 2. The molecule has 7 heteroatoms. The molecule has 3 rings (SSSR count). The van der Waals surface area contributed by atoms with E-state index in [0.29, 0.717) is 13.2 Å². The smallest absolute Gasteiger partial charge is 0.194 e. The lowest BCUT2D eigenvalue weighted by Gasteiger charge is -2.34. The van der Waals surface area contributed by atoms with Crippen LogP contribution in [0.15, 0.2) is 41.7 Å². The van der Waals surface area contributed by atoms with Gasteiger partial charge in [-0.2, -0.15) is 5.10 Å². The Kier molecular flexibility index (Phi) is 6.92. The van der Waals surface area contributed by atoms with Crippen molar-refractivity contribution in [2.45, 2.75) is 39.5 Å². The molecule has 0 spiro atoms. The van der Waals surface area contributed by atoms with Crippen LogP contribution in [-0.2, 0) is 18.3 Å². The Balaban J connectivity index is 1.66. The SMILES string of the molecule is CCNC(=NCc1ccc(OC(C)C)cc1)N1CCOC(c2cnn(C)c2)C1. The fraction of sp³-hybridized carbons (Fsp3) is 0.524. The van der Waals surface area contributed by atoms with Gasteiger partial charge in [0.05, 0.1) is 32.0 Å². The van der Waals surface area contributed by atoms with Crippen LogP contribution in [-0.4, -0.2) is 53.0 Å². The predicted octanol–water partition coefficient (Wildman–Crippen LogP) is 2.75. The summed E-state index contributed by atoms with van der Waals surface area (Å²) in [6.45, 7) is 9.86. The quantitative estimate of drug-likeness (QED) is 0.612. The second-order valence-corrected chi connectivity index (χ2v) is 7.23. The van der Waals surface area contributed by atoms with E-state index in [2.05, 4.69) is 34.4 Å². The highest BCUT2D eigenvalue weighted by Crippen LogP contribution is 2.22. The second kappa shape index (κ2) is 9.59. The minimum atomic E-state index is 0.0128. The lowest BCUT2D eigenvalue weighted by Crippen LogP contribution is -2.48. The summed E-state index contributed by atoms with van der Waals surface area (Å²) in [5.74, 6) is 1.81. The van der Waals surface area contributed by atoms with E-state index in [0.717, 1.165) is 42.5 Å². The molecule has 1 unspecified atom stereocenters.